The smallest absolute Gasteiger partial charge is 0.142 e. The summed E-state index contributed by atoms with van der Waals surface area (Å²) >= 11 is 9.39. The van der Waals surface area contributed by atoms with Gasteiger partial charge < -0.3 is 4.98 Å². The Morgan fingerprint density at radius 3 is 2.83 bits per heavy atom. The second-order valence-electron chi connectivity index (χ2n) is 3.84. The Balaban J connectivity index is 2.26. The van der Waals surface area contributed by atoms with Crippen molar-refractivity contribution in [2.75, 3.05) is 0 Å². The van der Waals surface area contributed by atoms with Crippen molar-refractivity contribution in [2.45, 2.75) is 0 Å². The van der Waals surface area contributed by atoms with Gasteiger partial charge in [-0.05, 0) is 30.3 Å². The van der Waals surface area contributed by atoms with E-state index in [9.17, 15) is 4.39 Å². The van der Waals surface area contributed by atoms with E-state index < -0.39 is 0 Å². The summed E-state index contributed by atoms with van der Waals surface area (Å²) in [7, 11) is 0. The molecule has 3 rings (SSSR count). The van der Waals surface area contributed by atoms with Gasteiger partial charge in [-0.1, -0.05) is 33.6 Å². The maximum absolute atomic E-state index is 13.8. The van der Waals surface area contributed by atoms with Crippen molar-refractivity contribution in [2.24, 2.45) is 0 Å². The van der Waals surface area contributed by atoms with E-state index in [1.807, 2.05) is 18.2 Å². The number of aromatic nitrogens is 2. The van der Waals surface area contributed by atoms with E-state index in [1.54, 1.807) is 12.1 Å². The molecule has 0 spiro atoms. The van der Waals surface area contributed by atoms with Crippen LogP contribution in [0.3, 0.4) is 0 Å². The van der Waals surface area contributed by atoms with E-state index in [1.165, 1.54) is 6.07 Å². The Morgan fingerprint density at radius 2 is 2.06 bits per heavy atom. The van der Waals surface area contributed by atoms with Gasteiger partial charge in [-0.15, -0.1) is 0 Å². The largest absolute Gasteiger partial charge is 0.338 e. The molecular weight excluding hydrogens is 319 g/mol. The minimum Gasteiger partial charge on any atom is -0.338 e. The molecule has 0 saturated carbocycles. The fraction of sp³-hybridized carbons (Fsp3) is 0. The molecule has 0 fully saturated rings. The molecule has 0 aliphatic heterocycles. The molecule has 2 aromatic carbocycles. The number of hydrogen-bond acceptors (Lipinski definition) is 1. The number of nitrogens with one attached hydrogen (secondary N) is 1. The summed E-state index contributed by atoms with van der Waals surface area (Å²) in [6, 6.07) is 10.2. The van der Waals surface area contributed by atoms with Crippen molar-refractivity contribution in [3.8, 4) is 11.4 Å². The van der Waals surface area contributed by atoms with Gasteiger partial charge in [0.2, 0.25) is 0 Å². The number of imidazole rings is 1. The Hall–Kier alpha value is -1.39. The van der Waals surface area contributed by atoms with Gasteiger partial charge in [-0.3, -0.25) is 0 Å². The SMILES string of the molecule is Fc1cccc(Cl)c1-c1nc2ccc(Br)cc2[nH]1. The number of aromatic amines is 1. The lowest BCUT2D eigenvalue weighted by atomic mass is 10.2. The highest BCUT2D eigenvalue weighted by atomic mass is 79.9. The predicted molar refractivity (Wildman–Crippen MR) is 74.2 cm³/mol. The fourth-order valence-electron chi connectivity index (χ4n) is 1.82. The summed E-state index contributed by atoms with van der Waals surface area (Å²) in [5.74, 6) is 0.0480. The van der Waals surface area contributed by atoms with Crippen molar-refractivity contribution in [1.82, 2.24) is 9.97 Å². The van der Waals surface area contributed by atoms with Crippen LogP contribution in [0.1, 0.15) is 0 Å². The van der Waals surface area contributed by atoms with Gasteiger partial charge in [0.15, 0.2) is 0 Å². The van der Waals surface area contributed by atoms with Crippen LogP contribution < -0.4 is 0 Å². The molecule has 0 aliphatic rings. The van der Waals surface area contributed by atoms with E-state index >= 15 is 0 Å². The summed E-state index contributed by atoms with van der Waals surface area (Å²) in [5, 5.41) is 0.341. The number of rotatable bonds is 1. The number of nitrogens with zero attached hydrogens (tertiary/aromatic N) is 1. The Bertz CT molecular complexity index is 719. The molecule has 1 heterocycles. The molecule has 0 unspecified atom stereocenters. The summed E-state index contributed by atoms with van der Waals surface area (Å²) in [5.41, 5.74) is 1.90. The van der Waals surface area contributed by atoms with E-state index in [4.69, 9.17) is 11.6 Å². The van der Waals surface area contributed by atoms with E-state index in [0.717, 1.165) is 15.5 Å². The summed E-state index contributed by atoms with van der Waals surface area (Å²) in [4.78, 5) is 7.41. The van der Waals surface area contributed by atoms with Crippen molar-refractivity contribution < 1.29 is 4.39 Å². The molecule has 0 atom stereocenters. The van der Waals surface area contributed by atoms with Gasteiger partial charge in [-0.2, -0.15) is 0 Å². The zero-order valence-electron chi connectivity index (χ0n) is 9.05. The molecule has 90 valence electrons. The standard InChI is InChI=1S/C13H7BrClFN2/c14-7-4-5-10-11(6-7)18-13(17-10)12-8(15)2-1-3-9(12)16/h1-6H,(H,17,18). The number of benzene rings is 2. The van der Waals surface area contributed by atoms with E-state index in [0.29, 0.717) is 16.4 Å². The van der Waals surface area contributed by atoms with Crippen LogP contribution in [0.15, 0.2) is 40.9 Å². The lowest BCUT2D eigenvalue weighted by Crippen LogP contribution is -1.87. The van der Waals surface area contributed by atoms with Gasteiger partial charge in [0.1, 0.15) is 11.6 Å². The minimum absolute atomic E-state index is 0.298. The molecule has 0 amide bonds. The maximum atomic E-state index is 13.8. The lowest BCUT2D eigenvalue weighted by molar-refractivity contribution is 0.630. The van der Waals surface area contributed by atoms with Gasteiger partial charge >= 0.3 is 0 Å². The first-order valence-electron chi connectivity index (χ1n) is 5.25. The number of halogens is 3. The van der Waals surface area contributed by atoms with Crippen molar-refractivity contribution in [3.05, 3.63) is 51.7 Å². The van der Waals surface area contributed by atoms with Gasteiger partial charge in [0.25, 0.3) is 0 Å². The zero-order chi connectivity index (χ0) is 12.7. The first-order chi connectivity index (χ1) is 8.65. The molecule has 1 aromatic heterocycles. The average molecular weight is 326 g/mol. The molecule has 5 heteroatoms. The normalized spacial score (nSPS) is 11.1. The number of H-pyrrole nitrogens is 1. The molecule has 0 bridgehead atoms. The average Bonchev–Trinajstić information content (AvgIpc) is 2.71. The Labute approximate surface area is 116 Å². The van der Waals surface area contributed by atoms with Crippen LogP contribution in [0.5, 0.6) is 0 Å². The van der Waals surface area contributed by atoms with Crippen LogP contribution in [-0.4, -0.2) is 9.97 Å². The van der Waals surface area contributed by atoms with Crippen LogP contribution in [0.2, 0.25) is 5.02 Å². The minimum atomic E-state index is -0.388. The van der Waals surface area contributed by atoms with E-state index in [2.05, 4.69) is 25.9 Å². The third-order valence-electron chi connectivity index (χ3n) is 2.64. The summed E-state index contributed by atoms with van der Waals surface area (Å²) in [6.07, 6.45) is 0. The first kappa shape index (κ1) is 11.7. The zero-order valence-corrected chi connectivity index (χ0v) is 11.4. The quantitative estimate of drug-likeness (QED) is 0.685. The molecule has 1 N–H and O–H groups in total. The highest BCUT2D eigenvalue weighted by Gasteiger charge is 2.13. The predicted octanol–water partition coefficient (Wildman–Crippen LogP) is 4.78. The Morgan fingerprint density at radius 1 is 1.22 bits per heavy atom. The monoisotopic (exact) mass is 324 g/mol. The summed E-state index contributed by atoms with van der Waals surface area (Å²) < 4.78 is 14.7. The molecule has 0 aliphatic carbocycles. The molecule has 2 nitrogen and oxygen atoms in total. The van der Waals surface area contributed by atoms with E-state index in [-0.39, 0.29) is 5.82 Å². The fourth-order valence-corrected chi connectivity index (χ4v) is 2.44. The van der Waals surface area contributed by atoms with Crippen LogP contribution in [0.4, 0.5) is 4.39 Å². The molecular formula is C13H7BrClFN2. The molecule has 18 heavy (non-hydrogen) atoms. The van der Waals surface area contributed by atoms with Crippen LogP contribution >= 0.6 is 27.5 Å². The molecule has 0 saturated heterocycles. The number of fused-ring (bicyclic) bond motifs is 1. The second-order valence-corrected chi connectivity index (χ2v) is 5.17. The van der Waals surface area contributed by atoms with Crippen LogP contribution in [0.25, 0.3) is 22.4 Å². The topological polar surface area (TPSA) is 28.7 Å². The van der Waals surface area contributed by atoms with Crippen LogP contribution in [-0.2, 0) is 0 Å². The second kappa shape index (κ2) is 4.37. The third kappa shape index (κ3) is 1.91. The first-order valence-corrected chi connectivity index (χ1v) is 6.42. The van der Waals surface area contributed by atoms with Crippen molar-refractivity contribution in [3.63, 3.8) is 0 Å². The van der Waals surface area contributed by atoms with Gasteiger partial charge in [-0.25, -0.2) is 9.37 Å². The highest BCUT2D eigenvalue weighted by molar-refractivity contribution is 9.10. The van der Waals surface area contributed by atoms with Crippen LogP contribution in [0, 0.1) is 5.82 Å². The van der Waals surface area contributed by atoms with Gasteiger partial charge in [0, 0.05) is 4.47 Å². The Kier molecular flexibility index (Phi) is 2.84. The van der Waals surface area contributed by atoms with Crippen molar-refractivity contribution >= 4 is 38.6 Å². The molecule has 0 radical (unpaired) electrons. The lowest BCUT2D eigenvalue weighted by Gasteiger charge is -2.01. The van der Waals surface area contributed by atoms with Gasteiger partial charge in [0.05, 0.1) is 21.6 Å². The maximum Gasteiger partial charge on any atom is 0.142 e. The summed E-state index contributed by atoms with van der Waals surface area (Å²) in [6.45, 7) is 0. The third-order valence-corrected chi connectivity index (χ3v) is 3.45. The highest BCUT2D eigenvalue weighted by Crippen LogP contribution is 2.30. The molecule has 3 aromatic rings. The van der Waals surface area contributed by atoms with Crippen molar-refractivity contribution in [1.29, 1.82) is 0 Å². The number of hydrogen-bond donors (Lipinski definition) is 1.